The highest BCUT2D eigenvalue weighted by atomic mass is 19.3. The number of allylic oxidation sites excluding steroid dienone is 3. The van der Waals surface area contributed by atoms with Gasteiger partial charge in [0.1, 0.15) is 0 Å². The Balaban J connectivity index is 3.22. The highest BCUT2D eigenvalue weighted by Gasteiger charge is 2.50. The molecule has 0 aliphatic heterocycles. The minimum Gasteiger partial charge on any atom is -0.294 e. The molecule has 0 spiro atoms. The lowest BCUT2D eigenvalue weighted by Gasteiger charge is -2.30. The summed E-state index contributed by atoms with van der Waals surface area (Å²) in [7, 11) is 0. The van der Waals surface area contributed by atoms with Crippen molar-refractivity contribution >= 4 is 5.78 Å². The average Bonchev–Trinajstić information content (AvgIpc) is 2.08. The zero-order valence-corrected chi connectivity index (χ0v) is 8.03. The first-order valence-electron chi connectivity index (χ1n) is 4.21. The van der Waals surface area contributed by atoms with Gasteiger partial charge in [-0.1, -0.05) is 12.2 Å². The third kappa shape index (κ3) is 1.49. The van der Waals surface area contributed by atoms with Crippen molar-refractivity contribution in [3.05, 3.63) is 23.6 Å². The van der Waals surface area contributed by atoms with Crippen molar-refractivity contribution in [2.45, 2.75) is 26.2 Å². The third-order valence-corrected chi connectivity index (χ3v) is 2.46. The number of halogens is 3. The fourth-order valence-electron chi connectivity index (χ4n) is 1.48. The highest BCUT2D eigenvalue weighted by molar-refractivity contribution is 5.97. The molecule has 0 N–H and O–H groups in total. The Morgan fingerprint density at radius 2 is 2.07 bits per heavy atom. The Morgan fingerprint density at radius 3 is 2.50 bits per heavy atom. The van der Waals surface area contributed by atoms with E-state index in [0.29, 0.717) is 0 Å². The first-order valence-corrected chi connectivity index (χ1v) is 4.21. The largest absolute Gasteiger partial charge is 0.305 e. The number of hydrogen-bond acceptors (Lipinski definition) is 1. The molecule has 0 bridgehead atoms. The fraction of sp³-hybridized carbons (Fsp3) is 0.500. The van der Waals surface area contributed by atoms with Crippen molar-refractivity contribution in [3.63, 3.8) is 0 Å². The number of hydrogen-bond donors (Lipinski definition) is 0. The second kappa shape index (κ2) is 3.26. The summed E-state index contributed by atoms with van der Waals surface area (Å²) in [6.45, 7) is 5.81. The van der Waals surface area contributed by atoms with Crippen LogP contribution in [-0.4, -0.2) is 11.7 Å². The molecule has 0 radical (unpaired) electrons. The molecule has 1 unspecified atom stereocenters. The Kier molecular flexibility index (Phi) is 2.56. The molecule has 0 fully saturated rings. The van der Waals surface area contributed by atoms with Gasteiger partial charge in [0.05, 0.1) is 5.92 Å². The van der Waals surface area contributed by atoms with Gasteiger partial charge in [-0.3, -0.25) is 4.79 Å². The summed E-state index contributed by atoms with van der Waals surface area (Å²) in [4.78, 5) is 11.1. The number of carbonyl (C=O) groups is 1. The summed E-state index contributed by atoms with van der Waals surface area (Å²) >= 11 is 0. The van der Waals surface area contributed by atoms with Gasteiger partial charge in [-0.05, 0) is 13.8 Å². The van der Waals surface area contributed by atoms with E-state index in [1.165, 1.54) is 6.92 Å². The molecule has 14 heavy (non-hydrogen) atoms. The van der Waals surface area contributed by atoms with E-state index < -0.39 is 29.0 Å². The van der Waals surface area contributed by atoms with E-state index >= 15 is 0 Å². The van der Waals surface area contributed by atoms with E-state index in [-0.39, 0.29) is 12.0 Å². The van der Waals surface area contributed by atoms with E-state index in [9.17, 15) is 18.0 Å². The standard InChI is InChI=1S/C10H11F3O/c1-5(2)7-4-8(14)6(3)9(11)10(7,12)13/h7H,1,4H2,2-3H3. The number of Topliss-reactive ketones (excluding diaryl/α,β-unsaturated/α-hetero) is 1. The lowest BCUT2D eigenvalue weighted by atomic mass is 9.81. The van der Waals surface area contributed by atoms with Crippen molar-refractivity contribution in [1.82, 2.24) is 0 Å². The number of rotatable bonds is 1. The molecule has 78 valence electrons. The molecule has 0 aromatic heterocycles. The minimum atomic E-state index is -3.58. The van der Waals surface area contributed by atoms with Crippen LogP contribution in [0.25, 0.3) is 0 Å². The Morgan fingerprint density at radius 1 is 1.57 bits per heavy atom. The lowest BCUT2D eigenvalue weighted by Crippen LogP contribution is -2.37. The van der Waals surface area contributed by atoms with Crippen LogP contribution in [-0.2, 0) is 4.79 Å². The molecule has 4 heteroatoms. The summed E-state index contributed by atoms with van der Waals surface area (Å²) in [6, 6.07) is 0. The van der Waals surface area contributed by atoms with E-state index in [1.807, 2.05) is 0 Å². The van der Waals surface area contributed by atoms with Crippen LogP contribution in [0.15, 0.2) is 23.6 Å². The van der Waals surface area contributed by atoms with Crippen molar-refractivity contribution < 1.29 is 18.0 Å². The number of carbonyl (C=O) groups excluding carboxylic acids is 1. The Labute approximate surface area is 80.3 Å². The molecule has 0 aromatic carbocycles. The average molecular weight is 204 g/mol. The molecule has 1 aliphatic carbocycles. The van der Waals surface area contributed by atoms with E-state index in [0.717, 1.165) is 6.92 Å². The Bertz CT molecular complexity index is 328. The number of ketones is 1. The summed E-state index contributed by atoms with van der Waals surface area (Å²) < 4.78 is 39.7. The molecule has 0 aromatic rings. The molecule has 0 saturated carbocycles. The second-order valence-corrected chi connectivity index (χ2v) is 3.59. The van der Waals surface area contributed by atoms with Gasteiger partial charge < -0.3 is 0 Å². The summed E-state index contributed by atoms with van der Waals surface area (Å²) in [6.07, 6.45) is -0.360. The molecule has 1 aliphatic rings. The lowest BCUT2D eigenvalue weighted by molar-refractivity contribution is -0.122. The highest BCUT2D eigenvalue weighted by Crippen LogP contribution is 2.44. The van der Waals surface area contributed by atoms with Crippen molar-refractivity contribution in [2.75, 3.05) is 0 Å². The number of alkyl halides is 2. The Hall–Kier alpha value is -1.06. The van der Waals surface area contributed by atoms with Crippen LogP contribution in [0, 0.1) is 5.92 Å². The molecule has 1 atom stereocenters. The van der Waals surface area contributed by atoms with Crippen LogP contribution in [0.1, 0.15) is 20.3 Å². The van der Waals surface area contributed by atoms with Crippen LogP contribution in [0.3, 0.4) is 0 Å². The first-order chi connectivity index (χ1) is 6.28. The van der Waals surface area contributed by atoms with Gasteiger partial charge in [-0.25, -0.2) is 4.39 Å². The molecular formula is C10H11F3O. The third-order valence-electron chi connectivity index (χ3n) is 2.46. The topological polar surface area (TPSA) is 17.1 Å². The predicted octanol–water partition coefficient (Wildman–Crippen LogP) is 3.03. The maximum absolute atomic E-state index is 13.3. The smallest absolute Gasteiger partial charge is 0.294 e. The molecule has 0 heterocycles. The quantitative estimate of drug-likeness (QED) is 0.600. The van der Waals surface area contributed by atoms with Gasteiger partial charge in [-0.15, -0.1) is 0 Å². The molecular weight excluding hydrogens is 193 g/mol. The molecule has 1 rings (SSSR count). The van der Waals surface area contributed by atoms with Gasteiger partial charge >= 0.3 is 5.92 Å². The SMILES string of the molecule is C=C(C)C1CC(=O)C(C)=C(F)C1(F)F. The van der Waals surface area contributed by atoms with E-state index in [1.54, 1.807) is 0 Å². The van der Waals surface area contributed by atoms with E-state index in [2.05, 4.69) is 6.58 Å². The maximum Gasteiger partial charge on any atom is 0.305 e. The van der Waals surface area contributed by atoms with Gasteiger partial charge in [0.2, 0.25) is 0 Å². The molecule has 1 nitrogen and oxygen atoms in total. The maximum atomic E-state index is 13.3. The predicted molar refractivity (Wildman–Crippen MR) is 46.7 cm³/mol. The molecule has 0 saturated heterocycles. The summed E-state index contributed by atoms with van der Waals surface area (Å²) in [5, 5.41) is 0. The van der Waals surface area contributed by atoms with Crippen molar-refractivity contribution in [2.24, 2.45) is 5.92 Å². The molecule has 0 amide bonds. The van der Waals surface area contributed by atoms with Crippen molar-refractivity contribution in [3.8, 4) is 0 Å². The van der Waals surface area contributed by atoms with Crippen LogP contribution >= 0.6 is 0 Å². The van der Waals surface area contributed by atoms with Crippen molar-refractivity contribution in [1.29, 1.82) is 0 Å². The normalized spacial score (nSPS) is 26.6. The zero-order valence-electron chi connectivity index (χ0n) is 8.03. The zero-order chi connectivity index (χ0) is 11.1. The fourth-order valence-corrected chi connectivity index (χ4v) is 1.48. The van der Waals surface area contributed by atoms with E-state index in [4.69, 9.17) is 0 Å². The van der Waals surface area contributed by atoms with Crippen LogP contribution in [0.2, 0.25) is 0 Å². The summed E-state index contributed by atoms with van der Waals surface area (Å²) in [5.74, 6) is -7.16. The van der Waals surface area contributed by atoms with Crippen LogP contribution in [0.4, 0.5) is 13.2 Å². The van der Waals surface area contributed by atoms with Gasteiger partial charge in [-0.2, -0.15) is 8.78 Å². The minimum absolute atomic E-state index is 0.131. The summed E-state index contributed by atoms with van der Waals surface area (Å²) in [5.41, 5.74) is -0.335. The van der Waals surface area contributed by atoms with Gasteiger partial charge in [0.25, 0.3) is 0 Å². The van der Waals surface area contributed by atoms with Gasteiger partial charge in [0.15, 0.2) is 11.6 Å². The van der Waals surface area contributed by atoms with Crippen LogP contribution < -0.4 is 0 Å². The van der Waals surface area contributed by atoms with Crippen LogP contribution in [0.5, 0.6) is 0 Å². The first kappa shape index (κ1) is 11.0. The second-order valence-electron chi connectivity index (χ2n) is 3.59. The monoisotopic (exact) mass is 204 g/mol. The van der Waals surface area contributed by atoms with Gasteiger partial charge in [0, 0.05) is 12.0 Å².